The molecule has 0 amide bonds. The lowest BCUT2D eigenvalue weighted by Gasteiger charge is -2.18. The van der Waals surface area contributed by atoms with Crippen LogP contribution in [0.1, 0.15) is 15.9 Å². The van der Waals surface area contributed by atoms with E-state index in [4.69, 9.17) is 14.2 Å². The molecule has 0 bridgehead atoms. The van der Waals surface area contributed by atoms with Gasteiger partial charge in [0, 0.05) is 11.6 Å². The van der Waals surface area contributed by atoms with Crippen molar-refractivity contribution in [3.63, 3.8) is 0 Å². The molecule has 0 saturated heterocycles. The van der Waals surface area contributed by atoms with E-state index in [2.05, 4.69) is 0 Å². The second-order valence-corrected chi connectivity index (χ2v) is 5.27. The van der Waals surface area contributed by atoms with Crippen molar-refractivity contribution >= 4 is 17.8 Å². The number of carbonyl (C=O) groups is 2. The van der Waals surface area contributed by atoms with Crippen molar-refractivity contribution in [2.45, 2.75) is 0 Å². The van der Waals surface area contributed by atoms with Crippen LogP contribution in [0.15, 0.2) is 48.5 Å². The molecule has 1 aliphatic heterocycles. The maximum absolute atomic E-state index is 12.8. The summed E-state index contributed by atoms with van der Waals surface area (Å²) in [5, 5.41) is 0. The molecule has 6 heteroatoms. The van der Waals surface area contributed by atoms with Gasteiger partial charge in [-0.1, -0.05) is 6.07 Å². The highest BCUT2D eigenvalue weighted by Crippen LogP contribution is 2.31. The predicted octanol–water partition coefficient (Wildman–Crippen LogP) is 3.04. The van der Waals surface area contributed by atoms with E-state index in [0.29, 0.717) is 24.7 Å². The molecular formula is C19H15FO5. The second-order valence-electron chi connectivity index (χ2n) is 5.27. The number of Topliss-reactive ketones (excluding diaryl/α,β-unsaturated/α-hetero) is 1. The molecule has 25 heavy (non-hydrogen) atoms. The lowest BCUT2D eigenvalue weighted by molar-refractivity contribution is -0.136. The van der Waals surface area contributed by atoms with E-state index in [1.54, 1.807) is 24.3 Å². The van der Waals surface area contributed by atoms with Gasteiger partial charge in [0.2, 0.25) is 0 Å². The highest BCUT2D eigenvalue weighted by atomic mass is 19.1. The maximum atomic E-state index is 12.8. The van der Waals surface area contributed by atoms with E-state index in [0.717, 1.165) is 5.56 Å². The maximum Gasteiger partial charge on any atom is 0.331 e. The number of halogens is 1. The molecule has 2 aromatic carbocycles. The summed E-state index contributed by atoms with van der Waals surface area (Å²) >= 11 is 0. The molecule has 0 atom stereocenters. The summed E-state index contributed by atoms with van der Waals surface area (Å²) in [6.07, 6.45) is 2.78. The standard InChI is InChI=1S/C19H15FO5/c20-15-5-3-14(4-6-15)16(21)12-25-19(22)8-2-13-1-7-17-18(11-13)24-10-9-23-17/h1-8,11H,9-10,12H2. The lowest BCUT2D eigenvalue weighted by atomic mass is 10.1. The SMILES string of the molecule is O=C(C=Cc1ccc2c(c1)OCCO2)OCC(=O)c1ccc(F)cc1. The first-order valence-corrected chi connectivity index (χ1v) is 7.65. The fourth-order valence-electron chi connectivity index (χ4n) is 2.23. The minimum Gasteiger partial charge on any atom is -0.486 e. The number of rotatable bonds is 5. The zero-order valence-electron chi connectivity index (χ0n) is 13.2. The molecule has 1 aliphatic rings. The zero-order chi connectivity index (χ0) is 17.6. The summed E-state index contributed by atoms with van der Waals surface area (Å²) in [4.78, 5) is 23.6. The Balaban J connectivity index is 1.54. The number of hydrogen-bond acceptors (Lipinski definition) is 5. The Labute approximate surface area is 143 Å². The molecule has 0 N–H and O–H groups in total. The number of ether oxygens (including phenoxy) is 3. The first-order chi connectivity index (χ1) is 12.1. The van der Waals surface area contributed by atoms with E-state index in [1.165, 1.54) is 30.3 Å². The Kier molecular flexibility index (Phi) is 5.09. The number of carbonyl (C=O) groups excluding carboxylic acids is 2. The van der Waals surface area contributed by atoms with Crippen LogP contribution in [0.2, 0.25) is 0 Å². The number of fused-ring (bicyclic) bond motifs is 1. The van der Waals surface area contributed by atoms with Gasteiger partial charge in [-0.05, 0) is 48.0 Å². The van der Waals surface area contributed by atoms with Crippen molar-refractivity contribution in [1.82, 2.24) is 0 Å². The molecule has 128 valence electrons. The normalized spacial score (nSPS) is 12.8. The van der Waals surface area contributed by atoms with Crippen molar-refractivity contribution < 1.29 is 28.2 Å². The van der Waals surface area contributed by atoms with Gasteiger partial charge in [-0.25, -0.2) is 9.18 Å². The van der Waals surface area contributed by atoms with E-state index in [9.17, 15) is 14.0 Å². The minimum atomic E-state index is -0.648. The van der Waals surface area contributed by atoms with Crippen LogP contribution in [0.5, 0.6) is 11.5 Å². The Morgan fingerprint density at radius 1 is 1.04 bits per heavy atom. The van der Waals surface area contributed by atoms with Gasteiger partial charge in [0.15, 0.2) is 23.9 Å². The first kappa shape index (κ1) is 16.7. The number of hydrogen-bond donors (Lipinski definition) is 0. The van der Waals surface area contributed by atoms with Crippen molar-refractivity contribution in [2.75, 3.05) is 19.8 Å². The third-order valence-electron chi connectivity index (χ3n) is 3.49. The molecule has 0 saturated carbocycles. The van der Waals surface area contributed by atoms with Gasteiger partial charge in [0.25, 0.3) is 0 Å². The summed E-state index contributed by atoms with van der Waals surface area (Å²) < 4.78 is 28.6. The van der Waals surface area contributed by atoms with E-state index < -0.39 is 24.2 Å². The van der Waals surface area contributed by atoms with E-state index in [1.807, 2.05) is 0 Å². The van der Waals surface area contributed by atoms with Crippen LogP contribution in [0.4, 0.5) is 4.39 Å². The zero-order valence-corrected chi connectivity index (χ0v) is 13.2. The predicted molar refractivity (Wildman–Crippen MR) is 88.2 cm³/mol. The third-order valence-corrected chi connectivity index (χ3v) is 3.49. The minimum absolute atomic E-state index is 0.282. The van der Waals surface area contributed by atoms with Gasteiger partial charge in [0.1, 0.15) is 19.0 Å². The average molecular weight is 342 g/mol. The smallest absolute Gasteiger partial charge is 0.331 e. The van der Waals surface area contributed by atoms with E-state index >= 15 is 0 Å². The Bertz CT molecular complexity index is 811. The van der Waals surface area contributed by atoms with Gasteiger partial charge in [-0.2, -0.15) is 0 Å². The molecule has 0 aromatic heterocycles. The highest BCUT2D eigenvalue weighted by Gasteiger charge is 2.11. The van der Waals surface area contributed by atoms with Crippen molar-refractivity contribution in [2.24, 2.45) is 0 Å². The van der Waals surface area contributed by atoms with Crippen molar-refractivity contribution in [3.05, 3.63) is 65.5 Å². The largest absolute Gasteiger partial charge is 0.486 e. The van der Waals surface area contributed by atoms with Crippen LogP contribution >= 0.6 is 0 Å². The third kappa shape index (κ3) is 4.44. The molecule has 0 radical (unpaired) electrons. The second kappa shape index (κ2) is 7.61. The molecule has 5 nitrogen and oxygen atoms in total. The first-order valence-electron chi connectivity index (χ1n) is 7.65. The van der Waals surface area contributed by atoms with Crippen LogP contribution in [0, 0.1) is 5.82 Å². The summed E-state index contributed by atoms with van der Waals surface area (Å²) in [6.45, 7) is 0.584. The van der Waals surface area contributed by atoms with Crippen LogP contribution in [-0.2, 0) is 9.53 Å². The quantitative estimate of drug-likeness (QED) is 0.475. The van der Waals surface area contributed by atoms with Gasteiger partial charge in [0.05, 0.1) is 0 Å². The summed E-state index contributed by atoms with van der Waals surface area (Å²) in [7, 11) is 0. The fourth-order valence-corrected chi connectivity index (χ4v) is 2.23. The molecule has 0 aliphatic carbocycles. The van der Waals surface area contributed by atoms with Crippen molar-refractivity contribution in [3.8, 4) is 11.5 Å². The summed E-state index contributed by atoms with van der Waals surface area (Å²) in [6, 6.07) is 10.3. The van der Waals surface area contributed by atoms with Gasteiger partial charge in [-0.3, -0.25) is 4.79 Å². The highest BCUT2D eigenvalue weighted by molar-refractivity contribution is 5.98. The molecule has 0 fully saturated rings. The fraction of sp³-hybridized carbons (Fsp3) is 0.158. The van der Waals surface area contributed by atoms with E-state index in [-0.39, 0.29) is 5.56 Å². The topological polar surface area (TPSA) is 61.8 Å². The van der Waals surface area contributed by atoms with Crippen molar-refractivity contribution in [1.29, 1.82) is 0 Å². The summed E-state index contributed by atoms with van der Waals surface area (Å²) in [5.74, 6) is -0.202. The lowest BCUT2D eigenvalue weighted by Crippen LogP contribution is -2.15. The molecule has 0 spiro atoms. The molecular weight excluding hydrogens is 327 g/mol. The monoisotopic (exact) mass is 342 g/mol. The Morgan fingerprint density at radius 2 is 1.76 bits per heavy atom. The van der Waals surface area contributed by atoms with Crippen LogP contribution in [-0.4, -0.2) is 31.6 Å². The summed E-state index contributed by atoms with van der Waals surface area (Å²) in [5.41, 5.74) is 1.02. The van der Waals surface area contributed by atoms with Crippen LogP contribution in [0.3, 0.4) is 0 Å². The number of ketones is 1. The average Bonchev–Trinajstić information content (AvgIpc) is 2.65. The molecule has 0 unspecified atom stereocenters. The number of esters is 1. The van der Waals surface area contributed by atoms with Crippen LogP contribution < -0.4 is 9.47 Å². The van der Waals surface area contributed by atoms with Gasteiger partial charge >= 0.3 is 5.97 Å². The Morgan fingerprint density at radius 3 is 2.52 bits per heavy atom. The molecule has 1 heterocycles. The van der Waals surface area contributed by atoms with Gasteiger partial charge < -0.3 is 14.2 Å². The molecule has 2 aromatic rings. The number of benzene rings is 2. The van der Waals surface area contributed by atoms with Gasteiger partial charge in [-0.15, -0.1) is 0 Å². The van der Waals surface area contributed by atoms with Crippen LogP contribution in [0.25, 0.3) is 6.08 Å². The Hall–Kier alpha value is -3.15. The molecule has 3 rings (SSSR count).